The van der Waals surface area contributed by atoms with Crippen LogP contribution < -0.4 is 10.1 Å². The van der Waals surface area contributed by atoms with Crippen LogP contribution in [0.5, 0.6) is 5.75 Å². The van der Waals surface area contributed by atoms with Crippen molar-refractivity contribution in [3.63, 3.8) is 0 Å². The average Bonchev–Trinajstić information content (AvgIpc) is 2.27. The Labute approximate surface area is 112 Å². The summed E-state index contributed by atoms with van der Waals surface area (Å²) in [6.07, 6.45) is 0. The number of ether oxygens (including phenoxy) is 1. The minimum atomic E-state index is 0.206. The Hall–Kier alpha value is -1.02. The van der Waals surface area contributed by atoms with Crippen LogP contribution in [0.2, 0.25) is 0 Å². The zero-order valence-corrected chi connectivity index (χ0v) is 12.4. The number of rotatable bonds is 6. The number of hydrogen-bond acceptors (Lipinski definition) is 2. The van der Waals surface area contributed by atoms with Gasteiger partial charge in [0.1, 0.15) is 12.4 Å². The molecular weight excluding hydrogens is 222 g/mol. The third-order valence-corrected chi connectivity index (χ3v) is 2.82. The van der Waals surface area contributed by atoms with Crippen molar-refractivity contribution in [2.24, 2.45) is 5.92 Å². The molecule has 1 aromatic rings. The highest BCUT2D eigenvalue weighted by Gasteiger charge is 2.12. The fourth-order valence-electron chi connectivity index (χ4n) is 1.68. The molecule has 2 nitrogen and oxygen atoms in total. The molecule has 0 unspecified atom stereocenters. The van der Waals surface area contributed by atoms with Gasteiger partial charge in [0.15, 0.2) is 0 Å². The molecule has 0 aliphatic rings. The van der Waals surface area contributed by atoms with E-state index in [0.717, 1.165) is 25.4 Å². The number of benzene rings is 1. The lowest BCUT2D eigenvalue weighted by Gasteiger charge is -2.19. The van der Waals surface area contributed by atoms with E-state index in [1.165, 1.54) is 5.56 Å². The average molecular weight is 249 g/mol. The van der Waals surface area contributed by atoms with Crippen LogP contribution in [0.25, 0.3) is 0 Å². The summed E-state index contributed by atoms with van der Waals surface area (Å²) in [4.78, 5) is 0. The topological polar surface area (TPSA) is 21.3 Å². The van der Waals surface area contributed by atoms with Gasteiger partial charge in [-0.3, -0.25) is 0 Å². The van der Waals surface area contributed by atoms with Gasteiger partial charge in [0.2, 0.25) is 0 Å². The first kappa shape index (κ1) is 15.0. The quantitative estimate of drug-likeness (QED) is 0.778. The van der Waals surface area contributed by atoms with Crippen molar-refractivity contribution in [1.82, 2.24) is 5.32 Å². The number of nitrogens with one attached hydrogen (secondary N) is 1. The van der Waals surface area contributed by atoms with Crippen LogP contribution in [0.1, 0.15) is 40.2 Å². The standard InChI is InChI=1S/C16H27NO/c1-13(2)12-17-10-11-18-15-8-6-14(7-9-15)16(3,4)5/h6-9,13,17H,10-12H2,1-5H3. The molecular formula is C16H27NO. The Kier molecular flexibility index (Phi) is 5.67. The van der Waals surface area contributed by atoms with E-state index in [1.807, 2.05) is 0 Å². The lowest BCUT2D eigenvalue weighted by molar-refractivity contribution is 0.311. The van der Waals surface area contributed by atoms with E-state index in [9.17, 15) is 0 Å². The lowest BCUT2D eigenvalue weighted by atomic mass is 9.87. The third kappa shape index (κ3) is 5.54. The first-order chi connectivity index (χ1) is 8.39. The minimum Gasteiger partial charge on any atom is -0.492 e. The molecule has 0 amide bonds. The van der Waals surface area contributed by atoms with Gasteiger partial charge in [-0.1, -0.05) is 46.8 Å². The molecule has 102 valence electrons. The molecule has 0 aromatic heterocycles. The molecule has 18 heavy (non-hydrogen) atoms. The van der Waals surface area contributed by atoms with E-state index in [2.05, 4.69) is 64.2 Å². The van der Waals surface area contributed by atoms with Crippen molar-refractivity contribution in [3.05, 3.63) is 29.8 Å². The van der Waals surface area contributed by atoms with Crippen LogP contribution in [0.3, 0.4) is 0 Å². The Morgan fingerprint density at radius 1 is 1.11 bits per heavy atom. The first-order valence-electron chi connectivity index (χ1n) is 6.83. The second-order valence-electron chi connectivity index (χ2n) is 6.22. The maximum atomic E-state index is 5.69. The fourth-order valence-corrected chi connectivity index (χ4v) is 1.68. The van der Waals surface area contributed by atoms with Crippen LogP contribution in [0.15, 0.2) is 24.3 Å². The van der Waals surface area contributed by atoms with E-state index >= 15 is 0 Å². The summed E-state index contributed by atoms with van der Waals surface area (Å²) in [7, 11) is 0. The molecule has 0 spiro atoms. The van der Waals surface area contributed by atoms with Gasteiger partial charge in [0.25, 0.3) is 0 Å². The van der Waals surface area contributed by atoms with Crippen molar-refractivity contribution in [3.8, 4) is 5.75 Å². The van der Waals surface area contributed by atoms with E-state index in [1.54, 1.807) is 0 Å². The van der Waals surface area contributed by atoms with Crippen molar-refractivity contribution in [2.45, 2.75) is 40.0 Å². The van der Waals surface area contributed by atoms with Gasteiger partial charge in [-0.25, -0.2) is 0 Å². The van der Waals surface area contributed by atoms with Crippen LogP contribution in [-0.2, 0) is 5.41 Å². The Morgan fingerprint density at radius 3 is 2.22 bits per heavy atom. The zero-order valence-electron chi connectivity index (χ0n) is 12.4. The van der Waals surface area contributed by atoms with Crippen molar-refractivity contribution in [2.75, 3.05) is 19.7 Å². The predicted octanol–water partition coefficient (Wildman–Crippen LogP) is 3.61. The Bertz CT molecular complexity index is 335. The van der Waals surface area contributed by atoms with E-state index in [0.29, 0.717) is 5.92 Å². The van der Waals surface area contributed by atoms with Crippen LogP contribution >= 0.6 is 0 Å². The molecule has 0 radical (unpaired) electrons. The van der Waals surface area contributed by atoms with Gasteiger partial charge >= 0.3 is 0 Å². The molecule has 0 heterocycles. The highest BCUT2D eigenvalue weighted by Crippen LogP contribution is 2.24. The molecule has 0 aliphatic heterocycles. The summed E-state index contributed by atoms with van der Waals surface area (Å²) in [6.45, 7) is 13.8. The Balaban J connectivity index is 2.31. The zero-order chi connectivity index (χ0) is 13.6. The molecule has 0 saturated heterocycles. The van der Waals surface area contributed by atoms with E-state index in [-0.39, 0.29) is 5.41 Å². The van der Waals surface area contributed by atoms with Crippen LogP contribution in [0, 0.1) is 5.92 Å². The highest BCUT2D eigenvalue weighted by atomic mass is 16.5. The molecule has 0 fully saturated rings. The molecule has 1 aromatic carbocycles. The van der Waals surface area contributed by atoms with Gasteiger partial charge in [-0.15, -0.1) is 0 Å². The molecule has 1 rings (SSSR count). The summed E-state index contributed by atoms with van der Waals surface area (Å²) in [6, 6.07) is 8.42. The van der Waals surface area contributed by atoms with Gasteiger partial charge in [0, 0.05) is 6.54 Å². The molecule has 0 atom stereocenters. The molecule has 0 aliphatic carbocycles. The second-order valence-corrected chi connectivity index (χ2v) is 6.22. The molecule has 2 heteroatoms. The van der Waals surface area contributed by atoms with E-state index in [4.69, 9.17) is 4.74 Å². The van der Waals surface area contributed by atoms with Crippen LogP contribution in [-0.4, -0.2) is 19.7 Å². The summed E-state index contributed by atoms with van der Waals surface area (Å²) in [5.74, 6) is 1.64. The summed E-state index contributed by atoms with van der Waals surface area (Å²) >= 11 is 0. The minimum absolute atomic E-state index is 0.206. The van der Waals surface area contributed by atoms with Gasteiger partial charge in [-0.2, -0.15) is 0 Å². The molecule has 1 N–H and O–H groups in total. The first-order valence-corrected chi connectivity index (χ1v) is 6.83. The van der Waals surface area contributed by atoms with Gasteiger partial charge in [0.05, 0.1) is 0 Å². The van der Waals surface area contributed by atoms with Gasteiger partial charge < -0.3 is 10.1 Å². The lowest BCUT2D eigenvalue weighted by Crippen LogP contribution is -2.24. The normalized spacial score (nSPS) is 11.9. The maximum Gasteiger partial charge on any atom is 0.119 e. The number of hydrogen-bond donors (Lipinski definition) is 1. The largest absolute Gasteiger partial charge is 0.492 e. The second kappa shape index (κ2) is 6.79. The maximum absolute atomic E-state index is 5.69. The van der Waals surface area contributed by atoms with Crippen LogP contribution in [0.4, 0.5) is 0 Å². The summed E-state index contributed by atoms with van der Waals surface area (Å²) in [5.41, 5.74) is 1.55. The summed E-state index contributed by atoms with van der Waals surface area (Å²) < 4.78 is 5.69. The SMILES string of the molecule is CC(C)CNCCOc1ccc(C(C)(C)C)cc1. The molecule has 0 saturated carbocycles. The smallest absolute Gasteiger partial charge is 0.119 e. The van der Waals surface area contributed by atoms with Gasteiger partial charge in [-0.05, 0) is 35.6 Å². The fraction of sp³-hybridized carbons (Fsp3) is 0.625. The summed E-state index contributed by atoms with van der Waals surface area (Å²) in [5, 5.41) is 3.37. The predicted molar refractivity (Wildman–Crippen MR) is 78.3 cm³/mol. The van der Waals surface area contributed by atoms with Crippen molar-refractivity contribution >= 4 is 0 Å². The third-order valence-electron chi connectivity index (χ3n) is 2.82. The highest BCUT2D eigenvalue weighted by molar-refractivity contribution is 5.31. The van der Waals surface area contributed by atoms with E-state index < -0.39 is 0 Å². The van der Waals surface area contributed by atoms with Crippen molar-refractivity contribution in [1.29, 1.82) is 0 Å². The molecule has 0 bridgehead atoms. The monoisotopic (exact) mass is 249 g/mol. The van der Waals surface area contributed by atoms with Crippen molar-refractivity contribution < 1.29 is 4.74 Å². The Morgan fingerprint density at radius 2 is 1.72 bits per heavy atom.